The molecule has 2 unspecified atom stereocenters. The maximum absolute atomic E-state index is 13.5. The molecule has 0 radical (unpaired) electrons. The molecule has 162 valence electrons. The normalized spacial score (nSPS) is 20.1. The molecule has 10 nitrogen and oxygen atoms in total. The van der Waals surface area contributed by atoms with Gasteiger partial charge in [0.05, 0.1) is 19.4 Å². The van der Waals surface area contributed by atoms with Crippen LogP contribution in [0.5, 0.6) is 5.88 Å². The van der Waals surface area contributed by atoms with Crippen molar-refractivity contribution in [1.29, 1.82) is 0 Å². The number of nitrogens with one attached hydrogen (secondary N) is 1. The number of carbonyl (C=O) groups excluding carboxylic acids is 2. The quantitative estimate of drug-likeness (QED) is 0.733. The van der Waals surface area contributed by atoms with E-state index in [0.29, 0.717) is 11.6 Å². The zero-order valence-corrected chi connectivity index (χ0v) is 17.9. The van der Waals surface area contributed by atoms with E-state index in [1.165, 1.54) is 16.6 Å². The lowest BCUT2D eigenvalue weighted by atomic mass is 9.85. The number of likely N-dealkylation sites (tertiary alicyclic amines) is 1. The number of β-amino-alcohol motifs (C(OH)–C–C–N with tert-alkyl or cyclic N) is 1. The lowest BCUT2D eigenvalue weighted by molar-refractivity contribution is -0.144. The average Bonchev–Trinajstić information content (AvgIpc) is 3.33. The molecule has 0 aromatic carbocycles. The third kappa shape index (κ3) is 4.28. The first kappa shape index (κ1) is 21.7. The first-order valence-electron chi connectivity index (χ1n) is 9.78. The third-order valence-electron chi connectivity index (χ3n) is 5.18. The number of methoxy groups -OCH3 is 1. The number of carbonyl (C=O) groups is 2. The summed E-state index contributed by atoms with van der Waals surface area (Å²) >= 11 is 0. The molecular weight excluding hydrogens is 388 g/mol. The van der Waals surface area contributed by atoms with Crippen LogP contribution in [-0.2, 0) is 9.59 Å². The van der Waals surface area contributed by atoms with Gasteiger partial charge in [-0.1, -0.05) is 26.0 Å². The summed E-state index contributed by atoms with van der Waals surface area (Å²) in [4.78, 5) is 31.4. The maximum atomic E-state index is 13.5. The number of amides is 2. The Kier molecular flexibility index (Phi) is 6.06. The Bertz CT molecular complexity index is 905. The van der Waals surface area contributed by atoms with Crippen molar-refractivity contribution in [3.63, 3.8) is 0 Å². The van der Waals surface area contributed by atoms with Gasteiger partial charge in [0.25, 0.3) is 0 Å². The fourth-order valence-electron chi connectivity index (χ4n) is 3.70. The fraction of sp³-hybridized carbons (Fsp3) is 0.550. The summed E-state index contributed by atoms with van der Waals surface area (Å²) in [6.07, 6.45) is 2.79. The van der Waals surface area contributed by atoms with Crippen molar-refractivity contribution in [1.82, 2.24) is 30.2 Å². The van der Waals surface area contributed by atoms with Gasteiger partial charge in [-0.25, -0.2) is 9.67 Å². The van der Waals surface area contributed by atoms with Gasteiger partial charge in [-0.2, -0.15) is 0 Å². The summed E-state index contributed by atoms with van der Waals surface area (Å²) in [5.41, 5.74) is 0.791. The predicted molar refractivity (Wildman–Crippen MR) is 108 cm³/mol. The van der Waals surface area contributed by atoms with Crippen LogP contribution in [0.4, 0.5) is 0 Å². The van der Waals surface area contributed by atoms with Gasteiger partial charge in [-0.15, -0.1) is 5.10 Å². The van der Waals surface area contributed by atoms with E-state index in [1.54, 1.807) is 25.6 Å². The van der Waals surface area contributed by atoms with Crippen molar-refractivity contribution in [3.8, 4) is 17.1 Å². The lowest BCUT2D eigenvalue weighted by Crippen LogP contribution is -2.49. The van der Waals surface area contributed by atoms with Gasteiger partial charge >= 0.3 is 0 Å². The molecule has 2 amide bonds. The summed E-state index contributed by atoms with van der Waals surface area (Å²) in [5, 5.41) is 21.1. The SMILES string of the molecule is CNC(=O)[C@H]1CC(O)CN1C(=O)C(n1cc(-c2ccc(OC)nc2)nn1)C(C)(C)C. The summed E-state index contributed by atoms with van der Waals surface area (Å²) in [6, 6.07) is 2.12. The van der Waals surface area contributed by atoms with Crippen molar-refractivity contribution in [3.05, 3.63) is 24.5 Å². The number of aliphatic hydroxyl groups is 1. The van der Waals surface area contributed by atoms with Crippen LogP contribution < -0.4 is 10.1 Å². The molecular formula is C20H28N6O4. The van der Waals surface area contributed by atoms with Gasteiger partial charge in [0.15, 0.2) is 0 Å². The minimum Gasteiger partial charge on any atom is -0.481 e. The molecule has 2 aromatic rings. The van der Waals surface area contributed by atoms with Crippen LogP contribution in [-0.4, -0.2) is 74.6 Å². The molecule has 1 saturated heterocycles. The van der Waals surface area contributed by atoms with E-state index in [2.05, 4.69) is 20.6 Å². The Balaban J connectivity index is 1.92. The Labute approximate surface area is 175 Å². The Hall–Kier alpha value is -3.01. The first-order chi connectivity index (χ1) is 14.2. The summed E-state index contributed by atoms with van der Waals surface area (Å²) < 4.78 is 6.59. The number of aliphatic hydroxyl groups excluding tert-OH is 1. The molecule has 0 aliphatic carbocycles. The molecule has 0 spiro atoms. The molecule has 2 N–H and O–H groups in total. The third-order valence-corrected chi connectivity index (χ3v) is 5.18. The average molecular weight is 416 g/mol. The topological polar surface area (TPSA) is 122 Å². The highest BCUT2D eigenvalue weighted by molar-refractivity contribution is 5.90. The van der Waals surface area contributed by atoms with Crippen molar-refractivity contribution in [2.75, 3.05) is 20.7 Å². The van der Waals surface area contributed by atoms with Crippen molar-refractivity contribution >= 4 is 11.8 Å². The molecule has 1 aliphatic rings. The van der Waals surface area contributed by atoms with Crippen LogP contribution in [0.1, 0.15) is 33.2 Å². The minimum atomic E-state index is -0.742. The van der Waals surface area contributed by atoms with E-state index in [4.69, 9.17) is 4.74 Å². The summed E-state index contributed by atoms with van der Waals surface area (Å²) in [6.45, 7) is 5.88. The van der Waals surface area contributed by atoms with Crippen LogP contribution in [0.25, 0.3) is 11.3 Å². The molecule has 1 aliphatic heterocycles. The van der Waals surface area contributed by atoms with E-state index in [0.717, 1.165) is 5.56 Å². The number of likely N-dealkylation sites (N-methyl/N-ethyl adjacent to an activating group) is 1. The summed E-state index contributed by atoms with van der Waals surface area (Å²) in [5.74, 6) is -0.0881. The Morgan fingerprint density at radius 2 is 2.07 bits per heavy atom. The highest BCUT2D eigenvalue weighted by Gasteiger charge is 2.45. The molecule has 0 bridgehead atoms. The zero-order chi connectivity index (χ0) is 22.1. The van der Waals surface area contributed by atoms with E-state index in [1.807, 2.05) is 26.8 Å². The number of hydrogen-bond acceptors (Lipinski definition) is 7. The predicted octanol–water partition coefficient (Wildman–Crippen LogP) is 0.644. The maximum Gasteiger partial charge on any atom is 0.248 e. The van der Waals surface area contributed by atoms with Crippen LogP contribution in [0.3, 0.4) is 0 Å². The molecule has 3 heterocycles. The lowest BCUT2D eigenvalue weighted by Gasteiger charge is -2.34. The fourth-order valence-corrected chi connectivity index (χ4v) is 3.70. The smallest absolute Gasteiger partial charge is 0.248 e. The van der Waals surface area contributed by atoms with Gasteiger partial charge in [-0.3, -0.25) is 9.59 Å². The number of pyridine rings is 1. The van der Waals surface area contributed by atoms with E-state index >= 15 is 0 Å². The molecule has 10 heteroatoms. The molecule has 30 heavy (non-hydrogen) atoms. The monoisotopic (exact) mass is 416 g/mol. The molecule has 3 rings (SSSR count). The van der Waals surface area contributed by atoms with Crippen molar-refractivity contribution in [2.24, 2.45) is 5.41 Å². The standard InChI is InChI=1S/C20H28N6O4/c1-20(2,3)17(19(29)25-10-13(27)8-15(25)18(28)21-4)26-11-14(23-24-26)12-6-7-16(30-5)22-9-12/h6-7,9,11,13,15,17,27H,8,10H2,1-5H3,(H,21,28)/t13?,15-,17?/m1/s1. The number of hydrogen-bond donors (Lipinski definition) is 2. The van der Waals surface area contributed by atoms with E-state index in [9.17, 15) is 14.7 Å². The van der Waals surface area contributed by atoms with Crippen LogP contribution >= 0.6 is 0 Å². The highest BCUT2D eigenvalue weighted by Crippen LogP contribution is 2.35. The van der Waals surface area contributed by atoms with Crippen molar-refractivity contribution in [2.45, 2.75) is 45.4 Å². The second-order valence-electron chi connectivity index (χ2n) is 8.45. The second-order valence-corrected chi connectivity index (χ2v) is 8.45. The number of nitrogens with zero attached hydrogens (tertiary/aromatic N) is 5. The number of rotatable bonds is 5. The van der Waals surface area contributed by atoms with Gasteiger partial charge in [0.2, 0.25) is 17.7 Å². The van der Waals surface area contributed by atoms with Crippen LogP contribution in [0.15, 0.2) is 24.5 Å². The minimum absolute atomic E-state index is 0.105. The van der Waals surface area contributed by atoms with Crippen LogP contribution in [0, 0.1) is 5.41 Å². The zero-order valence-electron chi connectivity index (χ0n) is 17.9. The van der Waals surface area contributed by atoms with Gasteiger partial charge in [-0.05, 0) is 11.5 Å². The van der Waals surface area contributed by atoms with Crippen LogP contribution in [0.2, 0.25) is 0 Å². The van der Waals surface area contributed by atoms with Crippen molar-refractivity contribution < 1.29 is 19.4 Å². The molecule has 1 fully saturated rings. The molecule has 0 saturated carbocycles. The van der Waals surface area contributed by atoms with E-state index < -0.39 is 23.6 Å². The molecule has 3 atom stereocenters. The second kappa shape index (κ2) is 8.39. The highest BCUT2D eigenvalue weighted by atomic mass is 16.5. The first-order valence-corrected chi connectivity index (χ1v) is 9.78. The van der Waals surface area contributed by atoms with Gasteiger partial charge in [0.1, 0.15) is 17.8 Å². The van der Waals surface area contributed by atoms with E-state index in [-0.39, 0.29) is 24.8 Å². The number of aromatic nitrogens is 4. The largest absolute Gasteiger partial charge is 0.481 e. The van der Waals surface area contributed by atoms with Gasteiger partial charge in [0, 0.05) is 37.8 Å². The Morgan fingerprint density at radius 1 is 1.33 bits per heavy atom. The summed E-state index contributed by atoms with van der Waals surface area (Å²) in [7, 11) is 3.06. The number of ether oxygens (including phenoxy) is 1. The Morgan fingerprint density at radius 3 is 2.63 bits per heavy atom. The molecule has 2 aromatic heterocycles. The van der Waals surface area contributed by atoms with Gasteiger partial charge < -0.3 is 20.1 Å².